The second kappa shape index (κ2) is 8.40. The molecule has 0 atom stereocenters. The molecule has 29 heavy (non-hydrogen) atoms. The fourth-order valence-corrected chi connectivity index (χ4v) is 3.34. The average molecular weight is 455 g/mol. The molecule has 0 radical (unpaired) electrons. The maximum absolute atomic E-state index is 12.3. The summed E-state index contributed by atoms with van der Waals surface area (Å²) in [6, 6.07) is 14.3. The summed E-state index contributed by atoms with van der Waals surface area (Å²) in [6.45, 7) is 5.59. The van der Waals surface area contributed by atoms with Crippen LogP contribution in [0.15, 0.2) is 58.1 Å². The Bertz CT molecular complexity index is 1120. The van der Waals surface area contributed by atoms with Gasteiger partial charge in [0.2, 0.25) is 0 Å². The molecule has 1 aromatic heterocycles. The van der Waals surface area contributed by atoms with E-state index in [0.29, 0.717) is 5.56 Å². The summed E-state index contributed by atoms with van der Waals surface area (Å²) < 4.78 is 3.10. The van der Waals surface area contributed by atoms with Crippen molar-refractivity contribution in [3.05, 3.63) is 91.2 Å². The highest BCUT2D eigenvalue weighted by molar-refractivity contribution is 9.10. The number of nitro groups is 1. The number of aryl methyl sites for hydroxylation is 2. The van der Waals surface area contributed by atoms with Gasteiger partial charge in [0.1, 0.15) is 0 Å². The van der Waals surface area contributed by atoms with Crippen LogP contribution in [0.4, 0.5) is 5.69 Å². The minimum Gasteiger partial charge on any atom is -0.318 e. The fourth-order valence-electron chi connectivity index (χ4n) is 3.08. The molecule has 1 heterocycles. The lowest BCUT2D eigenvalue weighted by molar-refractivity contribution is -0.385. The Morgan fingerprint density at radius 1 is 1.14 bits per heavy atom. The van der Waals surface area contributed by atoms with Gasteiger partial charge in [0, 0.05) is 44.3 Å². The molecule has 1 amide bonds. The van der Waals surface area contributed by atoms with Crippen LogP contribution in [0.5, 0.6) is 0 Å². The third-order valence-electron chi connectivity index (χ3n) is 4.59. The number of rotatable bonds is 5. The van der Waals surface area contributed by atoms with E-state index in [1.54, 1.807) is 19.2 Å². The maximum atomic E-state index is 12.3. The van der Waals surface area contributed by atoms with Gasteiger partial charge in [-0.1, -0.05) is 22.0 Å². The molecule has 0 fully saturated rings. The van der Waals surface area contributed by atoms with E-state index >= 15 is 0 Å². The second-order valence-electron chi connectivity index (χ2n) is 6.60. The molecule has 0 spiro atoms. The molecule has 0 saturated heterocycles. The van der Waals surface area contributed by atoms with Crippen LogP contribution in [0.25, 0.3) is 5.69 Å². The highest BCUT2D eigenvalue weighted by atomic mass is 79.9. The summed E-state index contributed by atoms with van der Waals surface area (Å²) in [4.78, 5) is 22.8. The van der Waals surface area contributed by atoms with E-state index in [4.69, 9.17) is 0 Å². The summed E-state index contributed by atoms with van der Waals surface area (Å²) in [5, 5.41) is 15.1. The van der Waals surface area contributed by atoms with Crippen LogP contribution in [0.1, 0.15) is 32.9 Å². The number of nitro benzene ring substituents is 1. The minimum atomic E-state index is -0.508. The van der Waals surface area contributed by atoms with Crippen molar-refractivity contribution in [1.29, 1.82) is 0 Å². The first-order valence-electron chi connectivity index (χ1n) is 8.81. The van der Waals surface area contributed by atoms with Crippen LogP contribution in [-0.2, 0) is 0 Å². The molecule has 1 N–H and O–H groups in total. The standard InChI is InChI=1S/C21H19BrN4O3/c1-13-4-5-16(11-20(13)26(28)29)21(27)24-23-12-17-10-14(2)25(15(17)3)19-8-6-18(22)7-9-19/h4-12H,1-3H3,(H,24,27). The molecular weight excluding hydrogens is 436 g/mol. The topological polar surface area (TPSA) is 89.5 Å². The van der Waals surface area contributed by atoms with Crippen LogP contribution in [0, 0.1) is 30.9 Å². The number of hydrogen-bond donors (Lipinski definition) is 1. The van der Waals surface area contributed by atoms with E-state index in [2.05, 4.69) is 31.0 Å². The summed E-state index contributed by atoms with van der Waals surface area (Å²) in [5.74, 6) is -0.508. The lowest BCUT2D eigenvalue weighted by Gasteiger charge is -2.09. The van der Waals surface area contributed by atoms with Crippen molar-refractivity contribution in [1.82, 2.24) is 9.99 Å². The molecule has 0 aliphatic rings. The zero-order valence-electron chi connectivity index (χ0n) is 16.1. The number of aromatic nitrogens is 1. The highest BCUT2D eigenvalue weighted by Crippen LogP contribution is 2.22. The summed E-state index contributed by atoms with van der Waals surface area (Å²) in [5.41, 5.74) is 6.91. The van der Waals surface area contributed by atoms with Crippen molar-refractivity contribution in [3.8, 4) is 5.69 Å². The van der Waals surface area contributed by atoms with E-state index in [0.717, 1.165) is 27.1 Å². The first kappa shape index (κ1) is 20.5. The van der Waals surface area contributed by atoms with Crippen molar-refractivity contribution in [2.45, 2.75) is 20.8 Å². The number of nitrogens with zero attached hydrogens (tertiary/aromatic N) is 3. The molecule has 3 aromatic rings. The fraction of sp³-hybridized carbons (Fsp3) is 0.143. The molecule has 3 rings (SSSR count). The van der Waals surface area contributed by atoms with Crippen molar-refractivity contribution >= 4 is 33.7 Å². The van der Waals surface area contributed by atoms with E-state index in [1.165, 1.54) is 12.1 Å². The summed E-state index contributed by atoms with van der Waals surface area (Å²) >= 11 is 3.44. The van der Waals surface area contributed by atoms with E-state index in [9.17, 15) is 14.9 Å². The Kier molecular flexibility index (Phi) is 5.93. The zero-order chi connectivity index (χ0) is 21.1. The average Bonchev–Trinajstić information content (AvgIpc) is 2.96. The molecule has 7 nitrogen and oxygen atoms in total. The molecular formula is C21H19BrN4O3. The SMILES string of the molecule is Cc1ccc(C(=O)NN=Cc2cc(C)n(-c3ccc(Br)cc3)c2C)cc1[N+](=O)[O-]. The number of carbonyl (C=O) groups is 1. The Morgan fingerprint density at radius 3 is 2.48 bits per heavy atom. The Balaban J connectivity index is 1.78. The molecule has 0 aliphatic carbocycles. The smallest absolute Gasteiger partial charge is 0.273 e. The van der Waals surface area contributed by atoms with Gasteiger partial charge in [-0.25, -0.2) is 5.43 Å². The van der Waals surface area contributed by atoms with Gasteiger partial charge in [-0.2, -0.15) is 5.10 Å². The van der Waals surface area contributed by atoms with Crippen LogP contribution < -0.4 is 5.43 Å². The van der Waals surface area contributed by atoms with Crippen molar-refractivity contribution in [2.75, 3.05) is 0 Å². The van der Waals surface area contributed by atoms with Crippen molar-refractivity contribution < 1.29 is 9.72 Å². The normalized spacial score (nSPS) is 11.0. The van der Waals surface area contributed by atoms with Gasteiger partial charge < -0.3 is 4.57 Å². The van der Waals surface area contributed by atoms with Crippen molar-refractivity contribution in [3.63, 3.8) is 0 Å². The summed E-state index contributed by atoms with van der Waals surface area (Å²) in [7, 11) is 0. The molecule has 0 bridgehead atoms. The number of hydrogen-bond acceptors (Lipinski definition) is 4. The minimum absolute atomic E-state index is 0.0975. The predicted molar refractivity (Wildman–Crippen MR) is 116 cm³/mol. The molecule has 8 heteroatoms. The largest absolute Gasteiger partial charge is 0.318 e. The molecule has 0 aliphatic heterocycles. The van der Waals surface area contributed by atoms with Gasteiger partial charge in [0.05, 0.1) is 11.1 Å². The Hall–Kier alpha value is -3.26. The Morgan fingerprint density at radius 2 is 1.83 bits per heavy atom. The zero-order valence-corrected chi connectivity index (χ0v) is 17.7. The molecule has 0 unspecified atom stereocenters. The first-order valence-corrected chi connectivity index (χ1v) is 9.60. The van der Waals surface area contributed by atoms with E-state index < -0.39 is 10.8 Å². The number of halogens is 1. The van der Waals surface area contributed by atoms with Crippen LogP contribution in [0.2, 0.25) is 0 Å². The second-order valence-corrected chi connectivity index (χ2v) is 7.51. The van der Waals surface area contributed by atoms with Gasteiger partial charge >= 0.3 is 0 Å². The molecule has 2 aromatic carbocycles. The van der Waals surface area contributed by atoms with Crippen LogP contribution >= 0.6 is 15.9 Å². The predicted octanol–water partition coefficient (Wildman–Crippen LogP) is 4.84. The molecule has 0 saturated carbocycles. The monoisotopic (exact) mass is 454 g/mol. The lowest BCUT2D eigenvalue weighted by Crippen LogP contribution is -2.18. The van der Waals surface area contributed by atoms with Crippen LogP contribution in [-0.4, -0.2) is 21.6 Å². The van der Waals surface area contributed by atoms with Gasteiger partial charge in [0.15, 0.2) is 0 Å². The van der Waals surface area contributed by atoms with Gasteiger partial charge in [-0.3, -0.25) is 14.9 Å². The maximum Gasteiger partial charge on any atom is 0.273 e. The molecule has 148 valence electrons. The quantitative estimate of drug-likeness (QED) is 0.339. The number of amides is 1. The number of hydrazone groups is 1. The third kappa shape index (κ3) is 4.43. The van der Waals surface area contributed by atoms with E-state index in [-0.39, 0.29) is 11.3 Å². The number of carbonyl (C=O) groups excluding carboxylic acids is 1. The van der Waals surface area contributed by atoms with Crippen LogP contribution in [0.3, 0.4) is 0 Å². The Labute approximate surface area is 176 Å². The van der Waals surface area contributed by atoms with E-state index in [1.807, 2.05) is 44.2 Å². The first-order chi connectivity index (χ1) is 13.8. The van der Waals surface area contributed by atoms with Gasteiger partial charge in [0.25, 0.3) is 11.6 Å². The van der Waals surface area contributed by atoms with Gasteiger partial charge in [-0.05, 0) is 57.2 Å². The van der Waals surface area contributed by atoms with Gasteiger partial charge in [-0.15, -0.1) is 0 Å². The highest BCUT2D eigenvalue weighted by Gasteiger charge is 2.15. The summed E-state index contributed by atoms with van der Waals surface area (Å²) in [6.07, 6.45) is 1.57. The van der Waals surface area contributed by atoms with Crippen molar-refractivity contribution in [2.24, 2.45) is 5.10 Å². The number of nitrogens with one attached hydrogen (secondary N) is 1. The lowest BCUT2D eigenvalue weighted by atomic mass is 10.1. The third-order valence-corrected chi connectivity index (χ3v) is 5.12. The number of benzene rings is 2.